The zero-order chi connectivity index (χ0) is 23.3. The van der Waals surface area contributed by atoms with E-state index in [1.165, 1.54) is 33.4 Å². The van der Waals surface area contributed by atoms with E-state index in [0.717, 1.165) is 54.8 Å². The summed E-state index contributed by atoms with van der Waals surface area (Å²) in [4.78, 5) is 4.99. The SMILES string of the molecule is CCc1cc(Cc2cc(CC)c(/N=C(\C)c3ccccc3O)c(CC)c2)cc(CC)c1N. The number of hydrogen-bond donors (Lipinski definition) is 2. The smallest absolute Gasteiger partial charge is 0.124 e. The molecule has 3 rings (SSSR count). The van der Waals surface area contributed by atoms with Gasteiger partial charge in [0, 0.05) is 17.0 Å². The molecule has 0 aromatic heterocycles. The monoisotopic (exact) mass is 428 g/mol. The zero-order valence-electron chi connectivity index (χ0n) is 20.1. The van der Waals surface area contributed by atoms with Crippen molar-refractivity contribution in [1.82, 2.24) is 0 Å². The van der Waals surface area contributed by atoms with Crippen LogP contribution in [0.1, 0.15) is 73.6 Å². The van der Waals surface area contributed by atoms with E-state index < -0.39 is 0 Å². The van der Waals surface area contributed by atoms with Crippen LogP contribution in [0.3, 0.4) is 0 Å². The number of nitrogens with zero attached hydrogens (tertiary/aromatic N) is 1. The quantitative estimate of drug-likeness (QED) is 0.301. The van der Waals surface area contributed by atoms with Crippen molar-refractivity contribution in [2.45, 2.75) is 66.7 Å². The summed E-state index contributed by atoms with van der Waals surface area (Å²) in [6, 6.07) is 16.5. The average molecular weight is 429 g/mol. The molecule has 0 radical (unpaired) electrons. The van der Waals surface area contributed by atoms with Gasteiger partial charge in [-0.2, -0.15) is 0 Å². The van der Waals surface area contributed by atoms with Crippen LogP contribution in [0.5, 0.6) is 5.75 Å². The lowest BCUT2D eigenvalue weighted by Crippen LogP contribution is -2.02. The van der Waals surface area contributed by atoms with Gasteiger partial charge in [-0.25, -0.2) is 0 Å². The molecule has 168 valence electrons. The molecule has 3 N–H and O–H groups in total. The number of aryl methyl sites for hydroxylation is 4. The number of phenolic OH excluding ortho intramolecular Hbond substituents is 1. The van der Waals surface area contributed by atoms with Gasteiger partial charge < -0.3 is 10.8 Å². The minimum absolute atomic E-state index is 0.267. The standard InChI is InChI=1S/C29H36N2O/c1-6-22-15-20(16-23(7-2)28(22)30)14-21-17-24(8-3)29(25(9-4)18-21)31-19(5)26-12-10-11-13-27(26)32/h10-13,15-18,32H,6-9,14,30H2,1-5H3/b31-19+. The number of para-hydroxylation sites is 1. The zero-order valence-corrected chi connectivity index (χ0v) is 20.1. The summed E-state index contributed by atoms with van der Waals surface area (Å²) < 4.78 is 0. The van der Waals surface area contributed by atoms with Gasteiger partial charge in [0.1, 0.15) is 5.75 Å². The number of nitrogens with two attached hydrogens (primary N) is 1. The lowest BCUT2D eigenvalue weighted by Gasteiger charge is -2.16. The Labute approximate surface area is 193 Å². The van der Waals surface area contributed by atoms with Crippen molar-refractivity contribution < 1.29 is 5.11 Å². The van der Waals surface area contributed by atoms with Crippen LogP contribution in [-0.4, -0.2) is 10.8 Å². The predicted octanol–water partition coefficient (Wildman–Crippen LogP) is 6.96. The third-order valence-corrected chi connectivity index (χ3v) is 6.24. The van der Waals surface area contributed by atoms with E-state index in [-0.39, 0.29) is 5.75 Å². The first-order valence-electron chi connectivity index (χ1n) is 11.8. The normalized spacial score (nSPS) is 11.7. The van der Waals surface area contributed by atoms with Gasteiger partial charge in [0.2, 0.25) is 0 Å². The van der Waals surface area contributed by atoms with Crippen molar-refractivity contribution in [3.05, 3.63) is 87.5 Å². The average Bonchev–Trinajstić information content (AvgIpc) is 2.80. The lowest BCUT2D eigenvalue weighted by molar-refractivity contribution is 0.474. The van der Waals surface area contributed by atoms with Crippen LogP contribution >= 0.6 is 0 Å². The largest absolute Gasteiger partial charge is 0.507 e. The number of nitrogen functional groups attached to an aromatic ring is 1. The number of benzene rings is 3. The Hall–Kier alpha value is -3.07. The number of aliphatic imine (C=N–C) groups is 1. The summed E-state index contributed by atoms with van der Waals surface area (Å²) in [5.74, 6) is 0.267. The Morgan fingerprint density at radius 3 is 1.72 bits per heavy atom. The van der Waals surface area contributed by atoms with Crippen LogP contribution in [0.4, 0.5) is 11.4 Å². The summed E-state index contributed by atoms with van der Waals surface area (Å²) in [6.45, 7) is 10.7. The first-order chi connectivity index (χ1) is 15.4. The van der Waals surface area contributed by atoms with E-state index >= 15 is 0 Å². The molecule has 3 heteroatoms. The van der Waals surface area contributed by atoms with Crippen LogP contribution < -0.4 is 5.73 Å². The highest BCUT2D eigenvalue weighted by Gasteiger charge is 2.13. The van der Waals surface area contributed by atoms with Gasteiger partial charge in [0.15, 0.2) is 0 Å². The van der Waals surface area contributed by atoms with Gasteiger partial charge >= 0.3 is 0 Å². The van der Waals surface area contributed by atoms with Crippen LogP contribution in [-0.2, 0) is 32.1 Å². The third kappa shape index (κ3) is 5.04. The van der Waals surface area contributed by atoms with E-state index in [4.69, 9.17) is 10.7 Å². The van der Waals surface area contributed by atoms with Crippen molar-refractivity contribution in [3.8, 4) is 5.75 Å². The number of hydrogen-bond acceptors (Lipinski definition) is 3. The molecule has 0 heterocycles. The number of anilines is 1. The van der Waals surface area contributed by atoms with E-state index in [1.807, 2.05) is 25.1 Å². The van der Waals surface area contributed by atoms with Crippen LogP contribution in [0, 0.1) is 0 Å². The van der Waals surface area contributed by atoms with Gasteiger partial charge in [-0.15, -0.1) is 0 Å². The van der Waals surface area contributed by atoms with E-state index in [2.05, 4.69) is 52.0 Å². The predicted molar refractivity (Wildman–Crippen MR) is 138 cm³/mol. The molecule has 0 spiro atoms. The molecular weight excluding hydrogens is 392 g/mol. The van der Waals surface area contributed by atoms with Gasteiger partial charge in [-0.05, 0) is 84.5 Å². The van der Waals surface area contributed by atoms with Gasteiger partial charge in [-0.3, -0.25) is 4.99 Å². The molecule has 3 nitrogen and oxygen atoms in total. The number of rotatable bonds is 8. The Morgan fingerprint density at radius 1 is 0.781 bits per heavy atom. The van der Waals surface area contributed by atoms with Crippen molar-refractivity contribution in [2.75, 3.05) is 5.73 Å². The minimum Gasteiger partial charge on any atom is -0.507 e. The minimum atomic E-state index is 0.267. The molecule has 0 saturated heterocycles. The van der Waals surface area contributed by atoms with E-state index in [9.17, 15) is 5.11 Å². The van der Waals surface area contributed by atoms with E-state index in [0.29, 0.717) is 0 Å². The molecule has 3 aromatic rings. The highest BCUT2D eigenvalue weighted by atomic mass is 16.3. The second-order valence-electron chi connectivity index (χ2n) is 8.40. The highest BCUT2D eigenvalue weighted by Crippen LogP contribution is 2.31. The molecule has 0 saturated carbocycles. The molecule has 0 aliphatic heterocycles. The molecule has 0 bridgehead atoms. The summed E-state index contributed by atoms with van der Waals surface area (Å²) >= 11 is 0. The fourth-order valence-electron chi connectivity index (χ4n) is 4.40. The molecule has 0 unspecified atom stereocenters. The Morgan fingerprint density at radius 2 is 1.25 bits per heavy atom. The van der Waals surface area contributed by atoms with Crippen molar-refractivity contribution >= 4 is 17.1 Å². The molecule has 32 heavy (non-hydrogen) atoms. The Bertz CT molecular complexity index is 1080. The Kier molecular flexibility index (Phi) is 7.74. The van der Waals surface area contributed by atoms with Crippen LogP contribution in [0.2, 0.25) is 0 Å². The summed E-state index contributed by atoms with van der Waals surface area (Å²) in [5, 5.41) is 10.2. The van der Waals surface area contributed by atoms with Gasteiger partial charge in [0.05, 0.1) is 5.69 Å². The fourth-order valence-corrected chi connectivity index (χ4v) is 4.40. The first kappa shape index (κ1) is 23.6. The first-order valence-corrected chi connectivity index (χ1v) is 11.8. The number of phenols is 1. The van der Waals surface area contributed by atoms with Gasteiger partial charge in [0.25, 0.3) is 0 Å². The topological polar surface area (TPSA) is 58.6 Å². The third-order valence-electron chi connectivity index (χ3n) is 6.24. The maximum Gasteiger partial charge on any atom is 0.124 e. The lowest BCUT2D eigenvalue weighted by atomic mass is 9.92. The van der Waals surface area contributed by atoms with Crippen molar-refractivity contribution in [2.24, 2.45) is 4.99 Å². The van der Waals surface area contributed by atoms with Crippen LogP contribution in [0.15, 0.2) is 53.5 Å². The molecule has 0 fully saturated rings. The highest BCUT2D eigenvalue weighted by molar-refractivity contribution is 6.02. The number of aromatic hydroxyl groups is 1. The van der Waals surface area contributed by atoms with Crippen LogP contribution in [0.25, 0.3) is 0 Å². The second kappa shape index (κ2) is 10.5. The van der Waals surface area contributed by atoms with E-state index in [1.54, 1.807) is 6.07 Å². The summed E-state index contributed by atoms with van der Waals surface area (Å²) in [6.07, 6.45) is 4.62. The van der Waals surface area contributed by atoms with Crippen molar-refractivity contribution in [3.63, 3.8) is 0 Å². The molecule has 0 amide bonds. The maximum atomic E-state index is 10.2. The fraction of sp³-hybridized carbons (Fsp3) is 0.345. The molecule has 0 atom stereocenters. The Balaban J connectivity index is 2.03. The maximum absolute atomic E-state index is 10.2. The summed E-state index contributed by atoms with van der Waals surface area (Å²) in [5.41, 5.74) is 17.6. The molecular formula is C29H36N2O. The summed E-state index contributed by atoms with van der Waals surface area (Å²) in [7, 11) is 0. The van der Waals surface area contributed by atoms with Crippen molar-refractivity contribution in [1.29, 1.82) is 0 Å². The second-order valence-corrected chi connectivity index (χ2v) is 8.40. The molecule has 0 aliphatic carbocycles. The van der Waals surface area contributed by atoms with Gasteiger partial charge in [-0.1, -0.05) is 64.1 Å². The molecule has 0 aliphatic rings. The molecule has 3 aromatic carbocycles.